The largest absolute Gasteiger partial charge is 0.357 e. The van der Waals surface area contributed by atoms with Crippen LogP contribution in [0.2, 0.25) is 0 Å². The van der Waals surface area contributed by atoms with E-state index in [2.05, 4.69) is 39.7 Å². The first-order valence-corrected chi connectivity index (χ1v) is 12.9. The number of carbonyl (C=O) groups is 1. The van der Waals surface area contributed by atoms with Crippen LogP contribution in [0.1, 0.15) is 68.6 Å². The first-order valence-electron chi connectivity index (χ1n) is 12.9. The normalized spacial score (nSPS) is 20.1. The van der Waals surface area contributed by atoms with E-state index in [1.165, 1.54) is 38.5 Å². The molecule has 2 fully saturated rings. The van der Waals surface area contributed by atoms with Gasteiger partial charge in [0.05, 0.1) is 16.6 Å². The number of amides is 1. The Morgan fingerprint density at radius 2 is 1.76 bits per heavy atom. The Morgan fingerprint density at radius 1 is 0.912 bits per heavy atom. The van der Waals surface area contributed by atoms with E-state index in [0.717, 1.165) is 59.7 Å². The highest BCUT2D eigenvalue weighted by atomic mass is 16.1. The van der Waals surface area contributed by atoms with Crippen molar-refractivity contribution in [1.29, 1.82) is 0 Å². The Morgan fingerprint density at radius 3 is 2.65 bits per heavy atom. The standard InChI is InChI=1S/C28H33N5O/c1-19-8-7-16-32(17-15-19)25-14-13-20-18-22(28(34)29-21-9-3-2-4-10-21)27-30-23-11-5-6-12-24(23)33(27)26(20)31-25/h5-6,11-14,18-19,21H,2-4,7-10,15-17H2,1H3,(H,29,34). The molecule has 0 radical (unpaired) electrons. The summed E-state index contributed by atoms with van der Waals surface area (Å²) >= 11 is 0. The summed E-state index contributed by atoms with van der Waals surface area (Å²) in [5.41, 5.74) is 4.07. The molecule has 1 saturated carbocycles. The summed E-state index contributed by atoms with van der Waals surface area (Å²) in [6, 6.07) is 14.6. The lowest BCUT2D eigenvalue weighted by atomic mass is 9.95. The van der Waals surface area contributed by atoms with Gasteiger partial charge in [0.25, 0.3) is 5.91 Å². The van der Waals surface area contributed by atoms with Crippen LogP contribution in [0.4, 0.5) is 5.82 Å². The van der Waals surface area contributed by atoms with Gasteiger partial charge in [0.1, 0.15) is 11.5 Å². The summed E-state index contributed by atoms with van der Waals surface area (Å²) in [5, 5.41) is 4.26. The van der Waals surface area contributed by atoms with Gasteiger partial charge in [0, 0.05) is 24.5 Å². The number of imidazole rings is 1. The summed E-state index contributed by atoms with van der Waals surface area (Å²) < 4.78 is 2.09. The van der Waals surface area contributed by atoms with Crippen LogP contribution in [-0.4, -0.2) is 39.4 Å². The summed E-state index contributed by atoms with van der Waals surface area (Å²) in [4.78, 5) is 25.9. The van der Waals surface area contributed by atoms with Gasteiger partial charge in [-0.05, 0) is 68.4 Å². The van der Waals surface area contributed by atoms with Crippen molar-refractivity contribution in [3.05, 3.63) is 48.0 Å². The summed E-state index contributed by atoms with van der Waals surface area (Å²) in [5.74, 6) is 1.75. The lowest BCUT2D eigenvalue weighted by Crippen LogP contribution is -2.36. The number of fused-ring (bicyclic) bond motifs is 5. The van der Waals surface area contributed by atoms with E-state index < -0.39 is 0 Å². The molecule has 1 aliphatic carbocycles. The second kappa shape index (κ2) is 8.90. The van der Waals surface area contributed by atoms with E-state index in [4.69, 9.17) is 9.97 Å². The molecule has 4 aromatic rings. The molecule has 4 heterocycles. The van der Waals surface area contributed by atoms with E-state index in [1.807, 2.05) is 24.3 Å². The second-order valence-electron chi connectivity index (χ2n) is 10.2. The first-order chi connectivity index (χ1) is 16.7. The predicted molar refractivity (Wildman–Crippen MR) is 138 cm³/mol. The van der Waals surface area contributed by atoms with Gasteiger partial charge in [0.2, 0.25) is 0 Å². The number of aromatic nitrogens is 3. The average Bonchev–Trinajstić information content (AvgIpc) is 3.12. The van der Waals surface area contributed by atoms with Crippen molar-refractivity contribution in [2.24, 2.45) is 5.92 Å². The van der Waals surface area contributed by atoms with Crippen LogP contribution in [0.5, 0.6) is 0 Å². The third-order valence-electron chi connectivity index (χ3n) is 7.73. The van der Waals surface area contributed by atoms with Crippen molar-refractivity contribution in [3.63, 3.8) is 0 Å². The number of hydrogen-bond donors (Lipinski definition) is 1. The highest BCUT2D eigenvalue weighted by molar-refractivity contribution is 6.05. The zero-order chi connectivity index (χ0) is 23.1. The van der Waals surface area contributed by atoms with Crippen LogP contribution < -0.4 is 10.2 Å². The molecule has 1 atom stereocenters. The van der Waals surface area contributed by atoms with Crippen molar-refractivity contribution < 1.29 is 4.79 Å². The van der Waals surface area contributed by atoms with Crippen molar-refractivity contribution in [1.82, 2.24) is 19.7 Å². The number of anilines is 1. The van der Waals surface area contributed by atoms with Crippen molar-refractivity contribution in [2.75, 3.05) is 18.0 Å². The maximum absolute atomic E-state index is 13.4. The van der Waals surface area contributed by atoms with E-state index in [-0.39, 0.29) is 11.9 Å². The van der Waals surface area contributed by atoms with E-state index >= 15 is 0 Å². The fourth-order valence-electron chi connectivity index (χ4n) is 5.73. The molecule has 1 aromatic carbocycles. The first kappa shape index (κ1) is 21.4. The minimum absolute atomic E-state index is 0.0281. The number of para-hydroxylation sites is 2. The lowest BCUT2D eigenvalue weighted by molar-refractivity contribution is 0.0929. The number of pyridine rings is 2. The molecule has 6 rings (SSSR count). The molecule has 2 aliphatic rings. The molecule has 6 heteroatoms. The average molecular weight is 456 g/mol. The van der Waals surface area contributed by atoms with E-state index in [1.54, 1.807) is 0 Å². The fourth-order valence-corrected chi connectivity index (χ4v) is 5.73. The monoisotopic (exact) mass is 455 g/mol. The Hall–Kier alpha value is -3.15. The Kier molecular flexibility index (Phi) is 5.60. The molecule has 0 bridgehead atoms. The molecule has 1 unspecified atom stereocenters. The molecule has 3 aromatic heterocycles. The topological polar surface area (TPSA) is 62.5 Å². The van der Waals surface area contributed by atoms with Gasteiger partial charge in [-0.3, -0.25) is 9.20 Å². The van der Waals surface area contributed by atoms with E-state index in [9.17, 15) is 4.79 Å². The van der Waals surface area contributed by atoms with Crippen LogP contribution in [-0.2, 0) is 0 Å². The third-order valence-corrected chi connectivity index (χ3v) is 7.73. The molecule has 0 spiro atoms. The van der Waals surface area contributed by atoms with Crippen LogP contribution in [0, 0.1) is 5.92 Å². The van der Waals surface area contributed by atoms with Crippen molar-refractivity contribution >= 4 is 39.4 Å². The minimum Gasteiger partial charge on any atom is -0.357 e. The highest BCUT2D eigenvalue weighted by Gasteiger charge is 2.23. The van der Waals surface area contributed by atoms with Crippen LogP contribution in [0.25, 0.3) is 27.7 Å². The summed E-state index contributed by atoms with van der Waals surface area (Å²) in [6.07, 6.45) is 9.44. The van der Waals surface area contributed by atoms with E-state index in [0.29, 0.717) is 11.2 Å². The number of rotatable bonds is 3. The number of nitrogens with one attached hydrogen (secondary N) is 1. The molecule has 1 aliphatic heterocycles. The molecule has 1 N–H and O–H groups in total. The van der Waals surface area contributed by atoms with Gasteiger partial charge < -0.3 is 10.2 Å². The van der Waals surface area contributed by atoms with Crippen LogP contribution in [0.15, 0.2) is 42.5 Å². The van der Waals surface area contributed by atoms with Crippen molar-refractivity contribution in [3.8, 4) is 0 Å². The second-order valence-corrected chi connectivity index (χ2v) is 10.2. The fraction of sp³-hybridized carbons (Fsp3) is 0.464. The molecule has 6 nitrogen and oxygen atoms in total. The molecule has 176 valence electrons. The van der Waals surface area contributed by atoms with Gasteiger partial charge in [-0.2, -0.15) is 0 Å². The molecular weight excluding hydrogens is 422 g/mol. The number of nitrogens with zero attached hydrogens (tertiary/aromatic N) is 4. The van der Waals surface area contributed by atoms with Crippen LogP contribution >= 0.6 is 0 Å². The van der Waals surface area contributed by atoms with Gasteiger partial charge >= 0.3 is 0 Å². The number of carbonyl (C=O) groups excluding carboxylic acids is 1. The third kappa shape index (κ3) is 3.89. The smallest absolute Gasteiger partial charge is 0.255 e. The highest BCUT2D eigenvalue weighted by Crippen LogP contribution is 2.29. The summed E-state index contributed by atoms with van der Waals surface area (Å²) in [6.45, 7) is 4.42. The Bertz CT molecular complexity index is 1350. The summed E-state index contributed by atoms with van der Waals surface area (Å²) in [7, 11) is 0. The molecular formula is C28H33N5O. The SMILES string of the molecule is CC1CCCN(c2ccc3cc(C(=O)NC4CCCCC4)c4nc5ccccc5n4c3n2)CC1. The molecule has 34 heavy (non-hydrogen) atoms. The maximum Gasteiger partial charge on any atom is 0.255 e. The van der Waals surface area contributed by atoms with Gasteiger partial charge in [-0.1, -0.05) is 38.3 Å². The molecule has 1 amide bonds. The van der Waals surface area contributed by atoms with Crippen LogP contribution in [0.3, 0.4) is 0 Å². The zero-order valence-corrected chi connectivity index (χ0v) is 20.0. The minimum atomic E-state index is -0.0281. The maximum atomic E-state index is 13.4. The predicted octanol–water partition coefficient (Wildman–Crippen LogP) is 5.72. The Balaban J connectivity index is 1.48. The number of benzene rings is 1. The molecule has 1 saturated heterocycles. The quantitative estimate of drug-likeness (QED) is 0.429. The zero-order valence-electron chi connectivity index (χ0n) is 20.0. The Labute approximate surface area is 200 Å². The van der Waals surface area contributed by atoms with Crippen molar-refractivity contribution in [2.45, 2.75) is 64.3 Å². The van der Waals surface area contributed by atoms with Gasteiger partial charge in [0.15, 0.2) is 5.65 Å². The van der Waals surface area contributed by atoms with Gasteiger partial charge in [-0.15, -0.1) is 0 Å². The number of hydrogen-bond acceptors (Lipinski definition) is 4. The van der Waals surface area contributed by atoms with Gasteiger partial charge in [-0.25, -0.2) is 9.97 Å². The lowest BCUT2D eigenvalue weighted by Gasteiger charge is -2.23.